The zero-order chi connectivity index (χ0) is 26.1. The molecule has 0 aromatic heterocycles. The molecule has 37 heavy (non-hydrogen) atoms. The van der Waals surface area contributed by atoms with Crippen molar-refractivity contribution >= 4 is 41.0 Å². The standard InChI is InChI=1S/C28H23N3O6/c1-16(32)29-19-10-12-21(13-11-19)31-26(34)22-14-7-18(15-23(22)27(31)35)28(36)37-24(17-5-3-2-4-6-17)25(33)30-20-8-9-20/h2-7,10-15,20,24H,8-9H2,1H3,(H,29,32)(H,30,33). The minimum atomic E-state index is -1.15. The molecule has 3 aromatic rings. The Labute approximate surface area is 212 Å². The number of benzene rings is 3. The Bertz CT molecular complexity index is 1410. The second kappa shape index (κ2) is 9.69. The lowest BCUT2D eigenvalue weighted by atomic mass is 10.1. The summed E-state index contributed by atoms with van der Waals surface area (Å²) in [6.07, 6.45) is 0.613. The van der Waals surface area contributed by atoms with Crippen LogP contribution >= 0.6 is 0 Å². The molecule has 9 heteroatoms. The van der Waals surface area contributed by atoms with Crippen LogP contribution in [0.5, 0.6) is 0 Å². The molecule has 2 aliphatic rings. The Morgan fingerprint density at radius 3 is 2.22 bits per heavy atom. The first-order valence-corrected chi connectivity index (χ1v) is 11.8. The molecule has 4 amide bonds. The van der Waals surface area contributed by atoms with E-state index in [1.165, 1.54) is 25.1 Å². The summed E-state index contributed by atoms with van der Waals surface area (Å²) in [5, 5.41) is 5.48. The highest BCUT2D eigenvalue weighted by Gasteiger charge is 2.38. The van der Waals surface area contributed by atoms with Crippen LogP contribution < -0.4 is 15.5 Å². The van der Waals surface area contributed by atoms with Crippen molar-refractivity contribution in [1.29, 1.82) is 0 Å². The Hall–Kier alpha value is -4.79. The van der Waals surface area contributed by atoms with Gasteiger partial charge in [0, 0.05) is 24.2 Å². The lowest BCUT2D eigenvalue weighted by Crippen LogP contribution is -2.33. The van der Waals surface area contributed by atoms with E-state index in [1.807, 2.05) is 0 Å². The van der Waals surface area contributed by atoms with Crippen LogP contribution in [0.1, 0.15) is 62.5 Å². The molecule has 1 aliphatic carbocycles. The molecule has 1 saturated carbocycles. The third-order valence-corrected chi connectivity index (χ3v) is 6.06. The van der Waals surface area contributed by atoms with Gasteiger partial charge >= 0.3 is 5.97 Å². The molecule has 1 heterocycles. The van der Waals surface area contributed by atoms with Gasteiger partial charge in [0.25, 0.3) is 17.7 Å². The van der Waals surface area contributed by atoms with E-state index >= 15 is 0 Å². The minimum absolute atomic E-state index is 0.0444. The summed E-state index contributed by atoms with van der Waals surface area (Å²) in [6.45, 7) is 1.38. The minimum Gasteiger partial charge on any atom is -0.444 e. The largest absolute Gasteiger partial charge is 0.444 e. The van der Waals surface area contributed by atoms with Crippen molar-refractivity contribution in [2.24, 2.45) is 0 Å². The molecule has 0 bridgehead atoms. The fourth-order valence-corrected chi connectivity index (χ4v) is 4.08. The van der Waals surface area contributed by atoms with Crippen LogP contribution in [0, 0.1) is 0 Å². The van der Waals surface area contributed by atoms with Crippen LogP contribution in [0.25, 0.3) is 0 Å². The molecule has 0 saturated heterocycles. The summed E-state index contributed by atoms with van der Waals surface area (Å²) in [4.78, 5) is 64.2. The van der Waals surface area contributed by atoms with E-state index in [0.29, 0.717) is 16.9 Å². The smallest absolute Gasteiger partial charge is 0.339 e. The molecular weight excluding hydrogens is 474 g/mol. The molecular formula is C28H23N3O6. The average molecular weight is 498 g/mol. The van der Waals surface area contributed by atoms with Crippen molar-refractivity contribution in [3.05, 3.63) is 95.1 Å². The van der Waals surface area contributed by atoms with E-state index in [1.54, 1.807) is 54.6 Å². The molecule has 186 valence electrons. The first kappa shape index (κ1) is 23.9. The van der Waals surface area contributed by atoms with Gasteiger partial charge in [-0.05, 0) is 55.3 Å². The number of anilines is 2. The predicted molar refractivity (Wildman–Crippen MR) is 134 cm³/mol. The van der Waals surface area contributed by atoms with Gasteiger partial charge in [-0.25, -0.2) is 9.69 Å². The molecule has 1 fully saturated rings. The Balaban J connectivity index is 1.37. The maximum Gasteiger partial charge on any atom is 0.339 e. The number of fused-ring (bicyclic) bond motifs is 1. The zero-order valence-electron chi connectivity index (χ0n) is 19.9. The average Bonchev–Trinajstić information content (AvgIpc) is 3.67. The summed E-state index contributed by atoms with van der Waals surface area (Å²) in [6, 6.07) is 19.1. The molecule has 3 aromatic carbocycles. The number of hydrogen-bond acceptors (Lipinski definition) is 6. The number of nitrogens with one attached hydrogen (secondary N) is 2. The maximum absolute atomic E-state index is 13.1. The molecule has 1 unspecified atom stereocenters. The molecule has 1 aliphatic heterocycles. The second-order valence-corrected chi connectivity index (χ2v) is 8.91. The predicted octanol–water partition coefficient (Wildman–Crippen LogP) is 3.62. The third kappa shape index (κ3) is 4.97. The van der Waals surface area contributed by atoms with Crippen molar-refractivity contribution < 1.29 is 28.7 Å². The summed E-state index contributed by atoms with van der Waals surface area (Å²) < 4.78 is 5.60. The molecule has 2 N–H and O–H groups in total. The summed E-state index contributed by atoms with van der Waals surface area (Å²) in [5.41, 5.74) is 1.63. The van der Waals surface area contributed by atoms with Gasteiger partial charge < -0.3 is 15.4 Å². The number of amides is 4. The molecule has 9 nitrogen and oxygen atoms in total. The van der Waals surface area contributed by atoms with Crippen molar-refractivity contribution in [3.63, 3.8) is 0 Å². The maximum atomic E-state index is 13.1. The number of carbonyl (C=O) groups is 5. The molecule has 1 atom stereocenters. The van der Waals surface area contributed by atoms with Gasteiger partial charge in [0.2, 0.25) is 12.0 Å². The lowest BCUT2D eigenvalue weighted by Gasteiger charge is -2.18. The van der Waals surface area contributed by atoms with E-state index in [0.717, 1.165) is 17.7 Å². The molecule has 0 spiro atoms. The Morgan fingerprint density at radius 1 is 0.892 bits per heavy atom. The van der Waals surface area contributed by atoms with Crippen molar-refractivity contribution in [2.45, 2.75) is 31.9 Å². The number of ether oxygens (including phenoxy) is 1. The van der Waals surface area contributed by atoms with E-state index in [-0.39, 0.29) is 28.6 Å². The highest BCUT2D eigenvalue weighted by molar-refractivity contribution is 6.34. The first-order valence-electron chi connectivity index (χ1n) is 11.8. The van der Waals surface area contributed by atoms with Crippen LogP contribution in [-0.2, 0) is 14.3 Å². The Kier molecular flexibility index (Phi) is 6.27. The highest BCUT2D eigenvalue weighted by atomic mass is 16.5. The van der Waals surface area contributed by atoms with Gasteiger partial charge in [-0.2, -0.15) is 0 Å². The second-order valence-electron chi connectivity index (χ2n) is 8.91. The monoisotopic (exact) mass is 497 g/mol. The quantitative estimate of drug-likeness (QED) is 0.380. The molecule has 5 rings (SSSR count). The third-order valence-electron chi connectivity index (χ3n) is 6.06. The van der Waals surface area contributed by atoms with Crippen LogP contribution in [0.2, 0.25) is 0 Å². The lowest BCUT2D eigenvalue weighted by molar-refractivity contribution is -0.130. The number of esters is 1. The number of imide groups is 1. The van der Waals surface area contributed by atoms with Gasteiger partial charge in [-0.15, -0.1) is 0 Å². The number of hydrogen-bond donors (Lipinski definition) is 2. The normalized spacial score (nSPS) is 15.1. The highest BCUT2D eigenvalue weighted by Crippen LogP contribution is 2.31. The van der Waals surface area contributed by atoms with Crippen molar-refractivity contribution in [2.75, 3.05) is 10.2 Å². The SMILES string of the molecule is CC(=O)Nc1ccc(N2C(=O)c3ccc(C(=O)OC(C(=O)NC4CC4)c4ccccc4)cc3C2=O)cc1. The Morgan fingerprint density at radius 2 is 1.57 bits per heavy atom. The van der Waals surface area contributed by atoms with Crippen molar-refractivity contribution in [3.8, 4) is 0 Å². The van der Waals surface area contributed by atoms with Gasteiger partial charge in [0.15, 0.2) is 0 Å². The van der Waals surface area contributed by atoms with E-state index < -0.39 is 29.8 Å². The number of carbonyl (C=O) groups excluding carboxylic acids is 5. The van der Waals surface area contributed by atoms with Crippen molar-refractivity contribution in [1.82, 2.24) is 5.32 Å². The van der Waals surface area contributed by atoms with E-state index in [4.69, 9.17) is 4.74 Å². The summed E-state index contributed by atoms with van der Waals surface area (Å²) in [7, 11) is 0. The van der Waals surface area contributed by atoms with Gasteiger partial charge in [0.05, 0.1) is 22.4 Å². The summed E-state index contributed by atoms with van der Waals surface area (Å²) >= 11 is 0. The van der Waals surface area contributed by atoms with Crippen LogP contribution in [0.15, 0.2) is 72.8 Å². The fourth-order valence-electron chi connectivity index (χ4n) is 4.08. The van der Waals surface area contributed by atoms with Gasteiger partial charge in [0.1, 0.15) is 0 Å². The van der Waals surface area contributed by atoms with Crippen LogP contribution in [0.4, 0.5) is 11.4 Å². The number of rotatable bonds is 7. The van der Waals surface area contributed by atoms with E-state index in [9.17, 15) is 24.0 Å². The van der Waals surface area contributed by atoms with Crippen LogP contribution in [-0.4, -0.2) is 35.6 Å². The number of nitrogens with zero attached hydrogens (tertiary/aromatic N) is 1. The molecule has 0 radical (unpaired) electrons. The zero-order valence-corrected chi connectivity index (χ0v) is 19.9. The summed E-state index contributed by atoms with van der Waals surface area (Å²) in [5.74, 6) is -2.57. The topological polar surface area (TPSA) is 122 Å². The van der Waals surface area contributed by atoms with Gasteiger partial charge in [-0.1, -0.05) is 30.3 Å². The van der Waals surface area contributed by atoms with E-state index in [2.05, 4.69) is 10.6 Å². The van der Waals surface area contributed by atoms with Gasteiger partial charge in [-0.3, -0.25) is 19.2 Å². The fraction of sp³-hybridized carbons (Fsp3) is 0.179. The van der Waals surface area contributed by atoms with Crippen LogP contribution in [0.3, 0.4) is 0 Å². The first-order chi connectivity index (χ1) is 17.8.